The van der Waals surface area contributed by atoms with E-state index in [4.69, 9.17) is 16.7 Å². The third-order valence-electron chi connectivity index (χ3n) is 2.70. The average Bonchev–Trinajstić information content (AvgIpc) is 2.77. The van der Waals surface area contributed by atoms with E-state index in [1.54, 1.807) is 0 Å². The lowest BCUT2D eigenvalue weighted by atomic mass is 10.1. The van der Waals surface area contributed by atoms with Crippen LogP contribution in [0.15, 0.2) is 11.4 Å². The first-order valence-corrected chi connectivity index (χ1v) is 7.53. The Morgan fingerprint density at radius 1 is 1.53 bits per heavy atom. The van der Waals surface area contributed by atoms with Crippen molar-refractivity contribution in [3.05, 3.63) is 21.3 Å². The van der Waals surface area contributed by atoms with Gasteiger partial charge in [0, 0.05) is 16.7 Å². The molecular formula is C13H18ClNO3S. The summed E-state index contributed by atoms with van der Waals surface area (Å²) in [5.41, 5.74) is 0. The zero-order chi connectivity index (χ0) is 14.3. The molecule has 0 radical (unpaired) electrons. The van der Waals surface area contributed by atoms with E-state index in [-0.39, 0.29) is 12.3 Å². The highest BCUT2D eigenvalue weighted by Gasteiger charge is 2.18. The number of carbonyl (C=O) groups excluding carboxylic acids is 1. The van der Waals surface area contributed by atoms with E-state index in [2.05, 4.69) is 5.32 Å². The smallest absolute Gasteiger partial charge is 0.326 e. The Labute approximate surface area is 121 Å². The van der Waals surface area contributed by atoms with Crippen LogP contribution in [0, 0.1) is 0 Å². The molecule has 0 aliphatic carbocycles. The van der Waals surface area contributed by atoms with Gasteiger partial charge in [-0.15, -0.1) is 11.3 Å². The molecule has 0 aromatic carbocycles. The summed E-state index contributed by atoms with van der Waals surface area (Å²) in [7, 11) is 0. The van der Waals surface area contributed by atoms with Crippen molar-refractivity contribution in [1.82, 2.24) is 5.32 Å². The van der Waals surface area contributed by atoms with E-state index in [0.29, 0.717) is 17.9 Å². The predicted molar refractivity (Wildman–Crippen MR) is 76.7 cm³/mol. The predicted octanol–water partition coefficient (Wildman–Crippen LogP) is 3.09. The molecule has 6 heteroatoms. The third kappa shape index (κ3) is 6.07. The lowest BCUT2D eigenvalue weighted by molar-refractivity contribution is -0.142. The number of aryl methyl sites for hydroxylation is 1. The van der Waals surface area contributed by atoms with Crippen LogP contribution in [0.1, 0.15) is 37.5 Å². The highest BCUT2D eigenvalue weighted by atomic mass is 35.5. The molecule has 0 saturated heterocycles. The number of unbranched alkanes of at least 4 members (excludes halogenated alkanes) is 1. The van der Waals surface area contributed by atoms with Gasteiger partial charge in [0.2, 0.25) is 5.91 Å². The van der Waals surface area contributed by atoms with Gasteiger partial charge in [0.15, 0.2) is 0 Å². The first kappa shape index (κ1) is 16.0. The van der Waals surface area contributed by atoms with Crippen LogP contribution in [0.2, 0.25) is 5.02 Å². The molecule has 0 bridgehead atoms. The van der Waals surface area contributed by atoms with Gasteiger partial charge in [0.1, 0.15) is 6.04 Å². The Kier molecular flexibility index (Phi) is 6.87. The van der Waals surface area contributed by atoms with Gasteiger partial charge >= 0.3 is 5.97 Å². The van der Waals surface area contributed by atoms with E-state index >= 15 is 0 Å². The summed E-state index contributed by atoms with van der Waals surface area (Å²) in [6, 6.07) is 1.05. The van der Waals surface area contributed by atoms with E-state index < -0.39 is 12.0 Å². The Morgan fingerprint density at radius 2 is 2.26 bits per heavy atom. The number of carboxylic acid groups (broad SMARTS) is 1. The molecule has 1 rings (SSSR count). The van der Waals surface area contributed by atoms with Gasteiger partial charge in [-0.1, -0.05) is 31.4 Å². The quantitative estimate of drug-likeness (QED) is 0.775. The number of nitrogens with one attached hydrogen (secondary N) is 1. The normalized spacial score (nSPS) is 12.1. The maximum absolute atomic E-state index is 11.7. The number of halogens is 1. The summed E-state index contributed by atoms with van der Waals surface area (Å²) in [6.07, 6.45) is 3.05. The molecule has 1 amide bonds. The monoisotopic (exact) mass is 303 g/mol. The fraction of sp³-hybridized carbons (Fsp3) is 0.538. The van der Waals surface area contributed by atoms with Crippen LogP contribution >= 0.6 is 22.9 Å². The third-order valence-corrected chi connectivity index (χ3v) is 4.04. The van der Waals surface area contributed by atoms with Crippen LogP contribution in [-0.2, 0) is 16.0 Å². The number of amides is 1. The van der Waals surface area contributed by atoms with Crippen molar-refractivity contribution in [2.45, 2.75) is 45.1 Å². The summed E-state index contributed by atoms with van der Waals surface area (Å²) >= 11 is 7.29. The summed E-state index contributed by atoms with van der Waals surface area (Å²) in [5.74, 6) is -1.20. The maximum Gasteiger partial charge on any atom is 0.326 e. The van der Waals surface area contributed by atoms with Crippen LogP contribution in [0.5, 0.6) is 0 Å². The van der Waals surface area contributed by atoms with E-state index in [1.807, 2.05) is 18.4 Å². The molecule has 1 atom stereocenters. The van der Waals surface area contributed by atoms with Gasteiger partial charge in [-0.25, -0.2) is 4.79 Å². The molecule has 1 aromatic heterocycles. The Morgan fingerprint density at radius 3 is 2.79 bits per heavy atom. The Bertz CT molecular complexity index is 433. The fourth-order valence-electron chi connectivity index (χ4n) is 1.65. The molecule has 19 heavy (non-hydrogen) atoms. The molecule has 106 valence electrons. The molecule has 0 fully saturated rings. The van der Waals surface area contributed by atoms with Gasteiger partial charge < -0.3 is 10.4 Å². The molecule has 0 unspecified atom stereocenters. The van der Waals surface area contributed by atoms with Crippen molar-refractivity contribution in [1.29, 1.82) is 0 Å². The van der Waals surface area contributed by atoms with Crippen molar-refractivity contribution in [2.75, 3.05) is 0 Å². The van der Waals surface area contributed by atoms with Gasteiger partial charge in [0.25, 0.3) is 0 Å². The van der Waals surface area contributed by atoms with E-state index in [0.717, 1.165) is 17.7 Å². The molecule has 2 N–H and O–H groups in total. The molecule has 4 nitrogen and oxygen atoms in total. The van der Waals surface area contributed by atoms with Crippen LogP contribution < -0.4 is 5.32 Å². The van der Waals surface area contributed by atoms with Gasteiger partial charge in [0.05, 0.1) is 5.02 Å². The zero-order valence-electron chi connectivity index (χ0n) is 10.8. The SMILES string of the molecule is CCCC[C@H](NC(=O)CCc1cc(Cl)cs1)C(=O)O. The molecule has 1 heterocycles. The number of aliphatic carboxylic acids is 1. The van der Waals surface area contributed by atoms with Crippen molar-refractivity contribution in [3.8, 4) is 0 Å². The Hall–Kier alpha value is -1.07. The largest absolute Gasteiger partial charge is 0.480 e. The van der Waals surface area contributed by atoms with Crippen molar-refractivity contribution >= 4 is 34.8 Å². The molecular weight excluding hydrogens is 286 g/mol. The maximum atomic E-state index is 11.7. The van der Waals surface area contributed by atoms with Crippen molar-refractivity contribution < 1.29 is 14.7 Å². The number of hydrogen-bond donors (Lipinski definition) is 2. The number of hydrogen-bond acceptors (Lipinski definition) is 3. The first-order valence-electron chi connectivity index (χ1n) is 6.28. The minimum atomic E-state index is -0.971. The summed E-state index contributed by atoms with van der Waals surface area (Å²) in [5, 5.41) is 14.1. The minimum Gasteiger partial charge on any atom is -0.480 e. The van der Waals surface area contributed by atoms with E-state index in [1.165, 1.54) is 11.3 Å². The van der Waals surface area contributed by atoms with Gasteiger partial charge in [-0.2, -0.15) is 0 Å². The average molecular weight is 304 g/mol. The van der Waals surface area contributed by atoms with Gasteiger partial charge in [-0.3, -0.25) is 4.79 Å². The number of thiophene rings is 1. The number of rotatable bonds is 8. The number of carbonyl (C=O) groups is 2. The second-order valence-corrected chi connectivity index (χ2v) is 5.76. The second-order valence-electron chi connectivity index (χ2n) is 4.33. The lowest BCUT2D eigenvalue weighted by Crippen LogP contribution is -2.40. The molecule has 0 aliphatic heterocycles. The topological polar surface area (TPSA) is 66.4 Å². The first-order chi connectivity index (χ1) is 9.02. The van der Waals surface area contributed by atoms with Crippen LogP contribution in [0.3, 0.4) is 0 Å². The highest BCUT2D eigenvalue weighted by molar-refractivity contribution is 7.10. The molecule has 0 saturated carbocycles. The number of carboxylic acids is 1. The summed E-state index contributed by atoms with van der Waals surface area (Å²) in [6.45, 7) is 1.99. The molecule has 0 aliphatic rings. The van der Waals surface area contributed by atoms with Crippen molar-refractivity contribution in [2.24, 2.45) is 0 Å². The molecule has 0 spiro atoms. The second kappa shape index (κ2) is 8.17. The zero-order valence-corrected chi connectivity index (χ0v) is 12.4. The van der Waals surface area contributed by atoms with E-state index in [9.17, 15) is 9.59 Å². The van der Waals surface area contributed by atoms with Crippen LogP contribution in [0.25, 0.3) is 0 Å². The minimum absolute atomic E-state index is 0.229. The van der Waals surface area contributed by atoms with Crippen LogP contribution in [-0.4, -0.2) is 23.0 Å². The lowest BCUT2D eigenvalue weighted by Gasteiger charge is -2.13. The van der Waals surface area contributed by atoms with Crippen LogP contribution in [0.4, 0.5) is 0 Å². The Balaban J connectivity index is 2.37. The van der Waals surface area contributed by atoms with Crippen molar-refractivity contribution in [3.63, 3.8) is 0 Å². The fourth-order valence-corrected chi connectivity index (χ4v) is 2.73. The molecule has 1 aromatic rings. The highest BCUT2D eigenvalue weighted by Crippen LogP contribution is 2.20. The standard InChI is InChI=1S/C13H18ClNO3S/c1-2-3-4-11(13(17)18)15-12(16)6-5-10-7-9(14)8-19-10/h7-8,11H,2-6H2,1H3,(H,15,16)(H,17,18)/t11-/m0/s1. The summed E-state index contributed by atoms with van der Waals surface area (Å²) in [4.78, 5) is 23.7. The van der Waals surface area contributed by atoms with Gasteiger partial charge in [-0.05, 0) is 18.9 Å². The summed E-state index contributed by atoms with van der Waals surface area (Å²) < 4.78 is 0.